The topological polar surface area (TPSA) is 78.9 Å². The van der Waals surface area contributed by atoms with E-state index in [9.17, 15) is 14.4 Å². The monoisotopic (exact) mass is 1080 g/mol. The number of esters is 3. The number of hydrogen-bond donors (Lipinski definition) is 0. The largest absolute Gasteiger partial charge is 0.462 e. The molecule has 1 atom stereocenters. The smallest absolute Gasteiger partial charge is 0.306 e. The van der Waals surface area contributed by atoms with Crippen molar-refractivity contribution in [1.29, 1.82) is 0 Å². The highest BCUT2D eigenvalue weighted by atomic mass is 16.6. The van der Waals surface area contributed by atoms with Gasteiger partial charge in [-0.15, -0.1) is 0 Å². The summed E-state index contributed by atoms with van der Waals surface area (Å²) in [6.45, 7) is 6.62. The highest BCUT2D eigenvalue weighted by Gasteiger charge is 2.19. The van der Waals surface area contributed by atoms with E-state index in [0.717, 1.165) is 103 Å². The van der Waals surface area contributed by atoms with Crippen molar-refractivity contribution >= 4 is 17.9 Å². The fraction of sp³-hybridized carbons (Fsp3) is 0.845. The Kier molecular flexibility index (Phi) is 63.6. The van der Waals surface area contributed by atoms with E-state index in [1.807, 2.05) is 0 Å². The molecule has 0 aromatic heterocycles. The molecule has 0 fully saturated rings. The number of allylic oxidation sites excluding steroid dienone is 8. The Morgan fingerprint density at radius 1 is 0.260 bits per heavy atom. The number of rotatable bonds is 63. The molecule has 0 saturated heterocycles. The summed E-state index contributed by atoms with van der Waals surface area (Å²) in [6, 6.07) is 0. The van der Waals surface area contributed by atoms with E-state index in [4.69, 9.17) is 14.2 Å². The molecule has 6 nitrogen and oxygen atoms in total. The van der Waals surface area contributed by atoms with Gasteiger partial charge in [-0.05, 0) is 83.5 Å². The molecule has 0 aliphatic heterocycles. The first kappa shape index (κ1) is 74.4. The number of carbonyl (C=O) groups is 3. The van der Waals surface area contributed by atoms with Crippen LogP contribution >= 0.6 is 0 Å². The van der Waals surface area contributed by atoms with E-state index in [2.05, 4.69) is 69.4 Å². The fourth-order valence-electron chi connectivity index (χ4n) is 10.2. The van der Waals surface area contributed by atoms with Crippen molar-refractivity contribution in [3.05, 3.63) is 48.6 Å². The molecule has 0 heterocycles. The number of unbranched alkanes of at least 4 members (excludes halogenated alkanes) is 44. The highest BCUT2D eigenvalue weighted by Crippen LogP contribution is 2.18. The van der Waals surface area contributed by atoms with Gasteiger partial charge in [-0.1, -0.05) is 313 Å². The SMILES string of the molecule is CCCCC/C=C\C/C=C\CCCCCCCC(=O)OCC(COC(=O)CCCCCCCCCCCCCCCCCCCCCCCCCCCCCCC)OC(=O)CCCCCCC/C=C\C/C=C\CCCCC. The predicted molar refractivity (Wildman–Crippen MR) is 335 cm³/mol. The lowest BCUT2D eigenvalue weighted by Gasteiger charge is -2.18. The first-order valence-corrected chi connectivity index (χ1v) is 34.1. The van der Waals surface area contributed by atoms with Crippen LogP contribution in [0.1, 0.15) is 367 Å². The Morgan fingerprint density at radius 3 is 0.740 bits per heavy atom. The Morgan fingerprint density at radius 2 is 0.468 bits per heavy atom. The summed E-state index contributed by atoms with van der Waals surface area (Å²) in [7, 11) is 0. The third-order valence-corrected chi connectivity index (χ3v) is 15.3. The maximum atomic E-state index is 12.9. The lowest BCUT2D eigenvalue weighted by atomic mass is 10.0. The number of hydrogen-bond acceptors (Lipinski definition) is 6. The molecule has 77 heavy (non-hydrogen) atoms. The van der Waals surface area contributed by atoms with Crippen molar-refractivity contribution in [3.63, 3.8) is 0 Å². The average molecular weight is 1080 g/mol. The third-order valence-electron chi connectivity index (χ3n) is 15.3. The summed E-state index contributed by atoms with van der Waals surface area (Å²) in [5.41, 5.74) is 0. The third kappa shape index (κ3) is 64.1. The van der Waals surface area contributed by atoms with Crippen LogP contribution in [0.5, 0.6) is 0 Å². The molecular weight excluding hydrogens is 949 g/mol. The van der Waals surface area contributed by atoms with Crippen molar-refractivity contribution in [2.45, 2.75) is 374 Å². The molecule has 1 unspecified atom stereocenters. The molecule has 0 N–H and O–H groups in total. The van der Waals surface area contributed by atoms with E-state index >= 15 is 0 Å². The van der Waals surface area contributed by atoms with Crippen molar-refractivity contribution in [2.75, 3.05) is 13.2 Å². The summed E-state index contributed by atoms with van der Waals surface area (Å²) in [5.74, 6) is -0.888. The van der Waals surface area contributed by atoms with Gasteiger partial charge in [-0.2, -0.15) is 0 Å². The van der Waals surface area contributed by atoms with Gasteiger partial charge < -0.3 is 14.2 Å². The first-order chi connectivity index (χ1) is 38.0. The normalized spacial score (nSPS) is 12.3. The van der Waals surface area contributed by atoms with Gasteiger partial charge in [0.2, 0.25) is 0 Å². The number of ether oxygens (including phenoxy) is 3. The average Bonchev–Trinajstić information content (AvgIpc) is 3.43. The van der Waals surface area contributed by atoms with E-state index < -0.39 is 6.10 Å². The molecule has 0 amide bonds. The minimum Gasteiger partial charge on any atom is -0.462 e. The van der Waals surface area contributed by atoms with E-state index in [0.29, 0.717) is 19.3 Å². The van der Waals surface area contributed by atoms with Crippen LogP contribution in [0.4, 0.5) is 0 Å². The quantitative estimate of drug-likeness (QED) is 0.0261. The summed E-state index contributed by atoms with van der Waals surface area (Å²) in [6.07, 6.45) is 82.9. The Bertz CT molecular complexity index is 1330. The summed E-state index contributed by atoms with van der Waals surface area (Å²) >= 11 is 0. The van der Waals surface area contributed by atoms with Crippen LogP contribution in [0.3, 0.4) is 0 Å². The van der Waals surface area contributed by atoms with E-state index in [1.54, 1.807) is 0 Å². The van der Waals surface area contributed by atoms with Crippen LogP contribution in [0.2, 0.25) is 0 Å². The lowest BCUT2D eigenvalue weighted by molar-refractivity contribution is -0.167. The van der Waals surface area contributed by atoms with Gasteiger partial charge in [-0.3, -0.25) is 14.4 Å². The van der Waals surface area contributed by atoms with Crippen LogP contribution in [0.25, 0.3) is 0 Å². The van der Waals surface area contributed by atoms with Gasteiger partial charge in [0.1, 0.15) is 13.2 Å². The minimum absolute atomic E-state index is 0.0801. The second kappa shape index (κ2) is 65.9. The van der Waals surface area contributed by atoms with Crippen molar-refractivity contribution in [2.24, 2.45) is 0 Å². The first-order valence-electron chi connectivity index (χ1n) is 34.1. The zero-order valence-corrected chi connectivity index (χ0v) is 51.7. The predicted octanol–water partition coefficient (Wildman–Crippen LogP) is 23.3. The minimum atomic E-state index is -0.786. The Labute approximate surface area is 479 Å². The Balaban J connectivity index is 4.19. The molecule has 450 valence electrons. The molecule has 0 rings (SSSR count). The van der Waals surface area contributed by atoms with Crippen LogP contribution in [0.15, 0.2) is 48.6 Å². The second-order valence-corrected chi connectivity index (χ2v) is 23.1. The maximum absolute atomic E-state index is 12.9. The second-order valence-electron chi connectivity index (χ2n) is 23.1. The summed E-state index contributed by atoms with van der Waals surface area (Å²) in [4.78, 5) is 38.3. The van der Waals surface area contributed by atoms with Gasteiger partial charge in [0, 0.05) is 19.3 Å². The van der Waals surface area contributed by atoms with Crippen molar-refractivity contribution in [1.82, 2.24) is 0 Å². The van der Waals surface area contributed by atoms with Crippen LogP contribution in [0, 0.1) is 0 Å². The Hall–Kier alpha value is -2.63. The maximum Gasteiger partial charge on any atom is 0.306 e. The molecule has 0 radical (unpaired) electrons. The van der Waals surface area contributed by atoms with Gasteiger partial charge in [0.15, 0.2) is 6.10 Å². The van der Waals surface area contributed by atoms with Crippen LogP contribution in [-0.2, 0) is 28.6 Å². The van der Waals surface area contributed by atoms with E-state index in [-0.39, 0.29) is 31.1 Å². The lowest BCUT2D eigenvalue weighted by Crippen LogP contribution is -2.30. The van der Waals surface area contributed by atoms with Crippen LogP contribution in [-0.4, -0.2) is 37.2 Å². The van der Waals surface area contributed by atoms with E-state index in [1.165, 1.54) is 225 Å². The fourth-order valence-corrected chi connectivity index (χ4v) is 10.2. The molecule has 0 saturated carbocycles. The molecule has 0 spiro atoms. The molecule has 0 aromatic carbocycles. The van der Waals surface area contributed by atoms with Gasteiger partial charge in [0.25, 0.3) is 0 Å². The van der Waals surface area contributed by atoms with Gasteiger partial charge in [-0.25, -0.2) is 0 Å². The summed E-state index contributed by atoms with van der Waals surface area (Å²) in [5, 5.41) is 0. The highest BCUT2D eigenvalue weighted by molar-refractivity contribution is 5.71. The van der Waals surface area contributed by atoms with Crippen molar-refractivity contribution in [3.8, 4) is 0 Å². The standard InChI is InChI=1S/C71H130O6/c1-4-7-10-13-16-19-22-25-28-29-30-31-32-33-34-35-36-37-38-39-40-41-44-46-49-52-55-58-61-64-70(73)76-67-68(77-71(74)65-62-59-56-53-50-47-43-27-24-21-18-15-12-9-6-3)66-75-69(72)63-60-57-54-51-48-45-42-26-23-20-17-14-11-8-5-2/h17-18,20-21,26-27,42-43,68H,4-16,19,22-25,28-41,44-67H2,1-3H3/b20-17-,21-18-,42-26-,43-27-. The zero-order chi connectivity index (χ0) is 55.7. The molecule has 6 heteroatoms. The van der Waals surface area contributed by atoms with Crippen LogP contribution < -0.4 is 0 Å². The number of carbonyl (C=O) groups excluding carboxylic acids is 3. The molecule has 0 aromatic rings. The molecule has 0 bridgehead atoms. The van der Waals surface area contributed by atoms with Gasteiger partial charge >= 0.3 is 17.9 Å². The molecular formula is C71H130O6. The summed E-state index contributed by atoms with van der Waals surface area (Å²) < 4.78 is 16.9. The van der Waals surface area contributed by atoms with Gasteiger partial charge in [0.05, 0.1) is 0 Å². The molecule has 0 aliphatic carbocycles. The van der Waals surface area contributed by atoms with Crippen molar-refractivity contribution < 1.29 is 28.6 Å². The molecule has 0 aliphatic rings. The zero-order valence-electron chi connectivity index (χ0n) is 51.7.